The lowest BCUT2D eigenvalue weighted by molar-refractivity contribution is 0.145. The van der Waals surface area contributed by atoms with Gasteiger partial charge in [0, 0.05) is 45.0 Å². The highest BCUT2D eigenvalue weighted by Crippen LogP contribution is 2.29. The first-order chi connectivity index (χ1) is 13.6. The minimum atomic E-state index is 0.222. The molecule has 154 valence electrons. The van der Waals surface area contributed by atoms with E-state index < -0.39 is 0 Å². The smallest absolute Gasteiger partial charge is 0.168 e. The lowest BCUT2D eigenvalue weighted by atomic mass is 10.0. The molecule has 1 aromatic heterocycles. The fraction of sp³-hybridized carbons (Fsp3) is 0.650. The van der Waals surface area contributed by atoms with Crippen molar-refractivity contribution in [1.82, 2.24) is 25.1 Å². The van der Waals surface area contributed by atoms with E-state index in [1.54, 1.807) is 14.2 Å². The first-order valence-corrected chi connectivity index (χ1v) is 10.0. The van der Waals surface area contributed by atoms with Crippen molar-refractivity contribution < 1.29 is 9.47 Å². The Morgan fingerprint density at radius 1 is 1.11 bits per heavy atom. The number of benzene rings is 1. The average Bonchev–Trinajstić information content (AvgIpc) is 3.18. The van der Waals surface area contributed by atoms with Gasteiger partial charge in [0.2, 0.25) is 0 Å². The number of hydrogen-bond acceptors (Lipinski definition) is 7. The molecule has 1 aromatic carbocycles. The number of piperazine rings is 1. The molecule has 1 aliphatic rings. The Bertz CT molecular complexity index is 727. The maximum atomic E-state index is 5.37. The average molecular weight is 389 g/mol. The predicted octanol–water partition coefficient (Wildman–Crippen LogP) is 2.24. The van der Waals surface area contributed by atoms with Gasteiger partial charge in [0.15, 0.2) is 5.82 Å². The second-order valence-electron chi connectivity index (χ2n) is 7.62. The molecule has 1 fully saturated rings. The molecule has 1 aliphatic heterocycles. The highest BCUT2D eigenvalue weighted by atomic mass is 16.5. The molecule has 0 radical (unpaired) electrons. The number of ether oxygens (including phenoxy) is 2. The molecule has 2 aromatic rings. The molecule has 0 N–H and O–H groups in total. The van der Waals surface area contributed by atoms with E-state index in [4.69, 9.17) is 9.47 Å². The second kappa shape index (κ2) is 9.84. The SMILES string of the molecule is COCCn1nnnc1[C@H](CC(C)C)N1CCN(c2cccc(OC)c2)CC1. The Hall–Kier alpha value is -2.19. The van der Waals surface area contributed by atoms with Crippen LogP contribution in [0.1, 0.15) is 32.1 Å². The van der Waals surface area contributed by atoms with Crippen LogP contribution in [0.3, 0.4) is 0 Å². The normalized spacial score (nSPS) is 16.5. The van der Waals surface area contributed by atoms with Gasteiger partial charge in [-0.05, 0) is 34.9 Å². The van der Waals surface area contributed by atoms with Gasteiger partial charge < -0.3 is 14.4 Å². The quantitative estimate of drug-likeness (QED) is 0.652. The lowest BCUT2D eigenvalue weighted by Crippen LogP contribution is -2.48. The molecule has 1 saturated heterocycles. The predicted molar refractivity (Wildman–Crippen MR) is 109 cm³/mol. The van der Waals surface area contributed by atoms with Crippen molar-refractivity contribution in [2.75, 3.05) is 51.9 Å². The van der Waals surface area contributed by atoms with Crippen molar-refractivity contribution in [2.24, 2.45) is 5.92 Å². The molecule has 0 spiro atoms. The highest BCUT2D eigenvalue weighted by molar-refractivity contribution is 5.51. The van der Waals surface area contributed by atoms with Crippen LogP contribution in [-0.4, -0.2) is 72.1 Å². The van der Waals surface area contributed by atoms with Crippen LogP contribution in [-0.2, 0) is 11.3 Å². The summed E-state index contributed by atoms with van der Waals surface area (Å²) >= 11 is 0. The molecule has 0 amide bonds. The van der Waals surface area contributed by atoms with E-state index in [0.29, 0.717) is 19.1 Å². The van der Waals surface area contributed by atoms with Crippen LogP contribution < -0.4 is 9.64 Å². The molecule has 0 saturated carbocycles. The van der Waals surface area contributed by atoms with E-state index in [2.05, 4.69) is 51.3 Å². The van der Waals surface area contributed by atoms with Gasteiger partial charge in [-0.2, -0.15) is 0 Å². The summed E-state index contributed by atoms with van der Waals surface area (Å²) in [6, 6.07) is 8.51. The van der Waals surface area contributed by atoms with Gasteiger partial charge in [-0.15, -0.1) is 5.10 Å². The maximum absolute atomic E-state index is 5.37. The van der Waals surface area contributed by atoms with Crippen LogP contribution in [0.4, 0.5) is 5.69 Å². The summed E-state index contributed by atoms with van der Waals surface area (Å²) in [6.07, 6.45) is 1.03. The second-order valence-corrected chi connectivity index (χ2v) is 7.62. The minimum absolute atomic E-state index is 0.222. The van der Waals surface area contributed by atoms with Crippen LogP contribution in [0.15, 0.2) is 24.3 Å². The summed E-state index contributed by atoms with van der Waals surface area (Å²) in [5, 5.41) is 12.5. The number of nitrogens with zero attached hydrogens (tertiary/aromatic N) is 6. The Morgan fingerprint density at radius 3 is 2.57 bits per heavy atom. The summed E-state index contributed by atoms with van der Waals surface area (Å²) in [4.78, 5) is 4.94. The van der Waals surface area contributed by atoms with Crippen molar-refractivity contribution in [3.63, 3.8) is 0 Å². The molecule has 8 nitrogen and oxygen atoms in total. The van der Waals surface area contributed by atoms with E-state index in [0.717, 1.165) is 44.2 Å². The van der Waals surface area contributed by atoms with Crippen molar-refractivity contribution in [3.8, 4) is 5.75 Å². The lowest BCUT2D eigenvalue weighted by Gasteiger charge is -2.40. The van der Waals surface area contributed by atoms with Crippen LogP contribution in [0, 0.1) is 5.92 Å². The van der Waals surface area contributed by atoms with E-state index in [1.807, 2.05) is 16.8 Å². The molecule has 0 unspecified atom stereocenters. The van der Waals surface area contributed by atoms with Crippen molar-refractivity contribution in [3.05, 3.63) is 30.1 Å². The molecule has 8 heteroatoms. The van der Waals surface area contributed by atoms with Crippen molar-refractivity contribution in [2.45, 2.75) is 32.9 Å². The third-order valence-electron chi connectivity index (χ3n) is 5.23. The maximum Gasteiger partial charge on any atom is 0.168 e. The number of aromatic nitrogens is 4. The first-order valence-electron chi connectivity index (χ1n) is 10.0. The molecular weight excluding hydrogens is 356 g/mol. The Balaban J connectivity index is 1.70. The van der Waals surface area contributed by atoms with E-state index in [9.17, 15) is 0 Å². The molecule has 0 aliphatic carbocycles. The van der Waals surface area contributed by atoms with Gasteiger partial charge in [0.1, 0.15) is 5.75 Å². The number of hydrogen-bond donors (Lipinski definition) is 0. The Labute approximate surface area is 167 Å². The van der Waals surface area contributed by atoms with Gasteiger partial charge >= 0.3 is 0 Å². The summed E-state index contributed by atoms with van der Waals surface area (Å²) in [5.74, 6) is 2.41. The molecule has 28 heavy (non-hydrogen) atoms. The number of rotatable bonds is 9. The van der Waals surface area contributed by atoms with Gasteiger partial charge in [-0.25, -0.2) is 4.68 Å². The summed E-state index contributed by atoms with van der Waals surface area (Å²) < 4.78 is 12.5. The summed E-state index contributed by atoms with van der Waals surface area (Å²) in [7, 11) is 3.41. The topological polar surface area (TPSA) is 68.5 Å². The van der Waals surface area contributed by atoms with Crippen LogP contribution in [0.25, 0.3) is 0 Å². The van der Waals surface area contributed by atoms with Gasteiger partial charge in [-0.1, -0.05) is 19.9 Å². The standard InChI is InChI=1S/C20H32N6O2/c1-16(2)14-19(20-21-22-23-26(20)12-13-27-3)25-10-8-24(9-11-25)17-6-5-7-18(15-17)28-4/h5-7,15-16,19H,8-14H2,1-4H3/t19-/m0/s1. The van der Waals surface area contributed by atoms with E-state index >= 15 is 0 Å². The fourth-order valence-corrected chi connectivity index (χ4v) is 3.75. The summed E-state index contributed by atoms with van der Waals surface area (Å²) in [5.41, 5.74) is 1.21. The molecule has 0 bridgehead atoms. The molecule has 2 heterocycles. The number of tetrazole rings is 1. The Morgan fingerprint density at radius 2 is 1.89 bits per heavy atom. The molecule has 3 rings (SSSR count). The van der Waals surface area contributed by atoms with Crippen LogP contribution in [0.2, 0.25) is 0 Å². The van der Waals surface area contributed by atoms with Gasteiger partial charge in [0.05, 0.1) is 26.3 Å². The zero-order chi connectivity index (χ0) is 19.9. The van der Waals surface area contributed by atoms with E-state index in [-0.39, 0.29) is 6.04 Å². The molecular formula is C20H32N6O2. The minimum Gasteiger partial charge on any atom is -0.497 e. The van der Waals surface area contributed by atoms with Crippen LogP contribution in [0.5, 0.6) is 5.75 Å². The zero-order valence-corrected chi connectivity index (χ0v) is 17.4. The van der Waals surface area contributed by atoms with E-state index in [1.165, 1.54) is 5.69 Å². The van der Waals surface area contributed by atoms with Crippen LogP contribution >= 0.6 is 0 Å². The van der Waals surface area contributed by atoms with Crippen molar-refractivity contribution >= 4 is 5.69 Å². The number of methoxy groups -OCH3 is 2. The third-order valence-corrected chi connectivity index (χ3v) is 5.23. The summed E-state index contributed by atoms with van der Waals surface area (Å²) in [6.45, 7) is 9.69. The third kappa shape index (κ3) is 4.99. The monoisotopic (exact) mass is 388 g/mol. The van der Waals surface area contributed by atoms with Gasteiger partial charge in [-0.3, -0.25) is 4.90 Å². The van der Waals surface area contributed by atoms with Gasteiger partial charge in [0.25, 0.3) is 0 Å². The first kappa shape index (κ1) is 20.5. The largest absolute Gasteiger partial charge is 0.497 e. The van der Waals surface area contributed by atoms with Crippen molar-refractivity contribution in [1.29, 1.82) is 0 Å². The highest BCUT2D eigenvalue weighted by Gasteiger charge is 2.29. The number of anilines is 1. The Kier molecular flexibility index (Phi) is 7.22. The fourth-order valence-electron chi connectivity index (χ4n) is 3.75. The molecule has 1 atom stereocenters. The zero-order valence-electron chi connectivity index (χ0n) is 17.4.